The summed E-state index contributed by atoms with van der Waals surface area (Å²) in [4.78, 5) is 51.3. The quantitative estimate of drug-likeness (QED) is 0.255. The van der Waals surface area contributed by atoms with E-state index < -0.39 is 17.7 Å². The highest BCUT2D eigenvalue weighted by Crippen LogP contribution is 2.57. The fourth-order valence-corrected chi connectivity index (χ4v) is 14.5. The van der Waals surface area contributed by atoms with E-state index in [9.17, 15) is 24.6 Å². The first-order valence-electron chi connectivity index (χ1n) is 24.0. The zero-order valence-corrected chi connectivity index (χ0v) is 36.8. The maximum absolute atomic E-state index is 14.0. The monoisotopic (exact) mass is 872 g/mol. The number of aliphatic imine (C=N–C) groups is 2. The van der Waals surface area contributed by atoms with Gasteiger partial charge in [-0.05, 0) is 106 Å². The first-order valence-corrected chi connectivity index (χ1v) is 24.0. The van der Waals surface area contributed by atoms with Crippen molar-refractivity contribution in [1.29, 1.82) is 0 Å². The molecule has 1 aromatic heterocycles. The molecule has 15 heteroatoms. The van der Waals surface area contributed by atoms with Crippen molar-refractivity contribution in [1.82, 2.24) is 9.88 Å². The standard InChI is InChI=1S/C48H64N4O11/c1-4-48(57)33-17-35-43-30(19-52(35)45(54)31(33)20-61-47(48)56)29(26-7-5-6-8-34(26)51-43)18-49-24-9-11-25(12-10-24)50-42-28-16-37-36(62-22-63-37)15-27(28)40(41-32(42)21-60-46(41)55)23-13-38(58-2)44(53)39(14-23)59-3/h17-18,23-28,32,34,36-42,44,50,53,57H,4-16,19-22H2,1-3H3/t23?,24?,25?,26?,27?,28?,32-,34?,36?,37?,38?,39?,40+,41-,42?,44?,48-/m0/s1. The number of cyclic esters (lactones) is 2. The smallest absolute Gasteiger partial charge is 0.343 e. The number of esters is 2. The van der Waals surface area contributed by atoms with Crippen molar-refractivity contribution in [3.63, 3.8) is 0 Å². The van der Waals surface area contributed by atoms with E-state index in [0.717, 1.165) is 75.5 Å². The Morgan fingerprint density at radius 1 is 0.952 bits per heavy atom. The summed E-state index contributed by atoms with van der Waals surface area (Å²) < 4.78 is 37.0. The second kappa shape index (κ2) is 16.5. The van der Waals surface area contributed by atoms with Gasteiger partial charge in [-0.1, -0.05) is 19.8 Å². The molecule has 2 saturated heterocycles. The first kappa shape index (κ1) is 42.3. The molecule has 7 fully saturated rings. The van der Waals surface area contributed by atoms with Gasteiger partial charge in [0.1, 0.15) is 19.5 Å². The number of rotatable bonds is 8. The number of nitrogens with zero attached hydrogens (tertiary/aromatic N) is 3. The molecule has 15 nitrogen and oxygen atoms in total. The fourth-order valence-electron chi connectivity index (χ4n) is 14.5. The number of aliphatic hydroxyl groups excluding tert-OH is 1. The number of ether oxygens (including phenoxy) is 6. The summed E-state index contributed by atoms with van der Waals surface area (Å²) in [5.41, 5.74) is 2.27. The van der Waals surface area contributed by atoms with Crippen molar-refractivity contribution in [2.75, 3.05) is 27.6 Å². The third-order valence-electron chi connectivity index (χ3n) is 17.7. The van der Waals surface area contributed by atoms with Crippen LogP contribution in [0.1, 0.15) is 107 Å². The Bertz CT molecular complexity index is 2130. The van der Waals surface area contributed by atoms with E-state index in [1.165, 1.54) is 5.57 Å². The molecule has 11 rings (SSSR count). The zero-order valence-electron chi connectivity index (χ0n) is 36.8. The number of methoxy groups -OCH3 is 2. The van der Waals surface area contributed by atoms with Gasteiger partial charge < -0.3 is 48.5 Å². The molecule has 5 aliphatic carbocycles. The minimum Gasteiger partial charge on any atom is -0.465 e. The topological polar surface area (TPSA) is 189 Å². The van der Waals surface area contributed by atoms with E-state index in [2.05, 4.69) is 11.5 Å². The van der Waals surface area contributed by atoms with Gasteiger partial charge >= 0.3 is 11.9 Å². The predicted octanol–water partition coefficient (Wildman–Crippen LogP) is 3.50. The maximum Gasteiger partial charge on any atom is 0.343 e. The van der Waals surface area contributed by atoms with Gasteiger partial charge in [0.2, 0.25) is 0 Å². The summed E-state index contributed by atoms with van der Waals surface area (Å²) >= 11 is 0. The molecular weight excluding hydrogens is 809 g/mol. The SMILES string of the molecule is CC[C@@]1(O)C(=O)OCc2c1cc1n(c2=O)CC2=C(C=NC3CCC(NC4C5CC6OCOC6CC5[C@@H](C5CC(OC)C(O)C(OC)C5)[C@H]5C(=O)OC[C@H]45)CC3)C3CCCCC3N=C21. The van der Waals surface area contributed by atoms with Crippen molar-refractivity contribution in [3.05, 3.63) is 44.4 Å². The molecule has 10 aliphatic rings. The third kappa shape index (κ3) is 6.87. The van der Waals surface area contributed by atoms with Gasteiger partial charge in [-0.3, -0.25) is 19.6 Å². The average molecular weight is 873 g/mol. The highest BCUT2D eigenvalue weighted by Gasteiger charge is 2.62. The summed E-state index contributed by atoms with van der Waals surface area (Å²) in [7, 11) is 3.30. The van der Waals surface area contributed by atoms with E-state index in [1.54, 1.807) is 25.7 Å². The highest BCUT2D eigenvalue weighted by molar-refractivity contribution is 6.17. The van der Waals surface area contributed by atoms with Crippen LogP contribution in [0.3, 0.4) is 0 Å². The van der Waals surface area contributed by atoms with Crippen LogP contribution in [0.2, 0.25) is 0 Å². The summed E-state index contributed by atoms with van der Waals surface area (Å²) in [5.74, 6) is -0.0318. The maximum atomic E-state index is 14.0. The Morgan fingerprint density at radius 2 is 1.68 bits per heavy atom. The molecular formula is C48H64N4O11. The number of fused-ring (bicyclic) bond motifs is 8. The molecule has 342 valence electrons. The highest BCUT2D eigenvalue weighted by atomic mass is 16.7. The molecule has 0 radical (unpaired) electrons. The van der Waals surface area contributed by atoms with Gasteiger partial charge in [-0.2, -0.15) is 0 Å². The van der Waals surface area contributed by atoms with Crippen LogP contribution in [0.15, 0.2) is 32.0 Å². The molecule has 63 heavy (non-hydrogen) atoms. The van der Waals surface area contributed by atoms with E-state index >= 15 is 0 Å². The number of carbonyl (C=O) groups is 2. The molecule has 0 amide bonds. The van der Waals surface area contributed by atoms with Crippen molar-refractivity contribution >= 4 is 23.9 Å². The van der Waals surface area contributed by atoms with Crippen LogP contribution in [-0.2, 0) is 56.8 Å². The Kier molecular flexibility index (Phi) is 11.1. The lowest BCUT2D eigenvalue weighted by atomic mass is 9.51. The normalized spacial score (nSPS) is 44.1. The number of aromatic nitrogens is 1. The second-order valence-electron chi connectivity index (χ2n) is 20.4. The summed E-state index contributed by atoms with van der Waals surface area (Å²) in [6, 6.07) is 2.47. The molecule has 0 spiro atoms. The minimum atomic E-state index is -1.86. The Morgan fingerprint density at radius 3 is 2.41 bits per heavy atom. The van der Waals surface area contributed by atoms with Crippen LogP contribution in [0.25, 0.3) is 0 Å². The van der Waals surface area contributed by atoms with Crippen LogP contribution < -0.4 is 10.9 Å². The second-order valence-corrected chi connectivity index (χ2v) is 20.4. The number of pyridine rings is 1. The van der Waals surface area contributed by atoms with Gasteiger partial charge in [-0.25, -0.2) is 4.79 Å². The number of carbonyl (C=O) groups excluding carboxylic acids is 2. The third-order valence-corrected chi connectivity index (χ3v) is 17.7. The Balaban J connectivity index is 0.826. The van der Waals surface area contributed by atoms with Gasteiger partial charge in [0.05, 0.1) is 72.5 Å². The minimum absolute atomic E-state index is 0.0137. The van der Waals surface area contributed by atoms with Crippen LogP contribution in [0.4, 0.5) is 0 Å². The molecule has 1 aromatic rings. The summed E-state index contributed by atoms with van der Waals surface area (Å²) in [5, 5.41) is 26.6. The molecule has 6 heterocycles. The lowest BCUT2D eigenvalue weighted by Crippen LogP contribution is -2.63. The lowest BCUT2D eigenvalue weighted by Gasteiger charge is -2.56. The zero-order chi connectivity index (χ0) is 43.3. The van der Waals surface area contributed by atoms with Crippen LogP contribution in [0, 0.1) is 41.4 Å². The van der Waals surface area contributed by atoms with E-state index in [1.807, 2.05) is 6.07 Å². The van der Waals surface area contributed by atoms with Crippen LogP contribution in [-0.4, -0.2) is 121 Å². The lowest BCUT2D eigenvalue weighted by molar-refractivity contribution is -0.172. The Hall–Kier alpha value is -3.31. The molecule has 5 aliphatic heterocycles. The van der Waals surface area contributed by atoms with E-state index in [0.29, 0.717) is 49.6 Å². The fraction of sp³-hybridized carbons (Fsp3) is 0.771. The van der Waals surface area contributed by atoms with Crippen molar-refractivity contribution in [3.8, 4) is 0 Å². The number of nitrogens with one attached hydrogen (secondary N) is 1. The number of allylic oxidation sites excluding steroid dienone is 1. The first-order chi connectivity index (χ1) is 30.6. The Labute approximate surface area is 368 Å². The van der Waals surface area contributed by atoms with E-state index in [-0.39, 0.29) is 115 Å². The average Bonchev–Trinajstić information content (AvgIpc) is 4.03. The van der Waals surface area contributed by atoms with Crippen molar-refractivity contribution < 1.29 is 48.2 Å². The molecule has 9 unspecified atom stereocenters. The van der Waals surface area contributed by atoms with Crippen molar-refractivity contribution in [2.45, 2.75) is 164 Å². The largest absolute Gasteiger partial charge is 0.465 e. The molecule has 0 aromatic carbocycles. The number of hydrogen-bond acceptors (Lipinski definition) is 14. The number of aliphatic hydroxyl groups is 2. The van der Waals surface area contributed by atoms with E-state index in [4.69, 9.17) is 38.4 Å². The van der Waals surface area contributed by atoms with Crippen LogP contribution in [0.5, 0.6) is 0 Å². The molecule has 13 atom stereocenters. The number of dihydropyridines is 1. The predicted molar refractivity (Wildman–Crippen MR) is 228 cm³/mol. The molecule has 5 saturated carbocycles. The summed E-state index contributed by atoms with van der Waals surface area (Å²) in [6.45, 7) is 2.70. The van der Waals surface area contributed by atoms with Gasteiger partial charge in [0, 0.05) is 55.5 Å². The summed E-state index contributed by atoms with van der Waals surface area (Å²) in [6.07, 6.45) is 12.0. The van der Waals surface area contributed by atoms with Crippen molar-refractivity contribution in [2.24, 2.45) is 51.4 Å². The molecule has 3 N–H and O–H groups in total. The van der Waals surface area contributed by atoms with Gasteiger partial charge in [0.25, 0.3) is 5.56 Å². The van der Waals surface area contributed by atoms with Gasteiger partial charge in [0.15, 0.2) is 5.60 Å². The van der Waals surface area contributed by atoms with Gasteiger partial charge in [-0.15, -0.1) is 0 Å². The van der Waals surface area contributed by atoms with Crippen LogP contribution >= 0.6 is 0 Å². The number of hydrogen-bond donors (Lipinski definition) is 3. The molecule has 0 bridgehead atoms.